The Morgan fingerprint density at radius 3 is 2.96 bits per heavy atom. The lowest BCUT2D eigenvalue weighted by atomic mass is 10.1. The summed E-state index contributed by atoms with van der Waals surface area (Å²) in [5.41, 5.74) is -0.208. The summed E-state index contributed by atoms with van der Waals surface area (Å²) in [6, 6.07) is 4.10. The molecule has 27 heavy (non-hydrogen) atoms. The fourth-order valence-corrected chi connectivity index (χ4v) is 3.05. The van der Waals surface area contributed by atoms with Gasteiger partial charge in [0.2, 0.25) is 0 Å². The Bertz CT molecular complexity index is 828. The lowest BCUT2D eigenvalue weighted by molar-refractivity contribution is -0.124. The fourth-order valence-electron chi connectivity index (χ4n) is 2.79. The standard InChI is InChI=1S/C18H18ClFN2O5/c1-10-15(17(22-27-10)16-12(19)5-2-6-13(16)20)18(24)26-9-14(23)21-8-11-4-3-7-25-11/h2,5-6,11H,3-4,7-9H2,1H3,(H,21,23)/t11-/m1/s1. The van der Waals surface area contributed by atoms with Crippen LogP contribution in [0.15, 0.2) is 22.7 Å². The first-order chi connectivity index (χ1) is 13.0. The summed E-state index contributed by atoms with van der Waals surface area (Å²) < 4.78 is 29.6. The number of halogens is 2. The van der Waals surface area contributed by atoms with Crippen LogP contribution in [0.2, 0.25) is 5.02 Å². The first-order valence-corrected chi connectivity index (χ1v) is 8.81. The molecule has 1 aromatic heterocycles. The van der Waals surface area contributed by atoms with Crippen molar-refractivity contribution in [2.75, 3.05) is 19.8 Å². The van der Waals surface area contributed by atoms with Gasteiger partial charge in [-0.1, -0.05) is 22.8 Å². The van der Waals surface area contributed by atoms with Crippen molar-refractivity contribution in [3.8, 4) is 11.3 Å². The minimum absolute atomic E-state index is 0.0141. The van der Waals surface area contributed by atoms with Gasteiger partial charge >= 0.3 is 5.97 Å². The van der Waals surface area contributed by atoms with E-state index in [1.54, 1.807) is 0 Å². The molecule has 1 aromatic carbocycles. The van der Waals surface area contributed by atoms with Crippen molar-refractivity contribution in [2.45, 2.75) is 25.9 Å². The van der Waals surface area contributed by atoms with E-state index in [0.717, 1.165) is 12.8 Å². The van der Waals surface area contributed by atoms with Gasteiger partial charge < -0.3 is 19.3 Å². The number of ether oxygens (including phenoxy) is 2. The monoisotopic (exact) mass is 396 g/mol. The van der Waals surface area contributed by atoms with Crippen molar-refractivity contribution in [1.29, 1.82) is 0 Å². The molecule has 144 valence electrons. The Labute approximate surface area is 159 Å². The number of rotatable bonds is 6. The van der Waals surface area contributed by atoms with Crippen LogP contribution in [-0.2, 0) is 14.3 Å². The first kappa shape index (κ1) is 19.3. The summed E-state index contributed by atoms with van der Waals surface area (Å²) >= 11 is 6.03. The number of aromatic nitrogens is 1. The van der Waals surface area contributed by atoms with Gasteiger partial charge in [-0.2, -0.15) is 0 Å². The molecule has 0 saturated carbocycles. The SMILES string of the molecule is Cc1onc(-c2c(F)cccc2Cl)c1C(=O)OCC(=O)NC[C@H]1CCCO1. The van der Waals surface area contributed by atoms with Gasteiger partial charge in [-0.25, -0.2) is 9.18 Å². The molecule has 0 unspecified atom stereocenters. The molecule has 0 bridgehead atoms. The molecular weight excluding hydrogens is 379 g/mol. The average Bonchev–Trinajstić information content (AvgIpc) is 3.28. The second kappa shape index (κ2) is 8.49. The summed E-state index contributed by atoms with van der Waals surface area (Å²) in [4.78, 5) is 24.3. The fraction of sp³-hybridized carbons (Fsp3) is 0.389. The molecule has 1 saturated heterocycles. The molecule has 1 N–H and O–H groups in total. The zero-order valence-electron chi connectivity index (χ0n) is 14.6. The second-order valence-corrected chi connectivity index (χ2v) is 6.48. The number of carbonyl (C=O) groups excluding carboxylic acids is 2. The van der Waals surface area contributed by atoms with Crippen molar-refractivity contribution >= 4 is 23.5 Å². The average molecular weight is 397 g/mol. The quantitative estimate of drug-likeness (QED) is 0.755. The predicted molar refractivity (Wildman–Crippen MR) is 93.9 cm³/mol. The smallest absolute Gasteiger partial charge is 0.344 e. The number of aryl methyl sites for hydroxylation is 1. The summed E-state index contributed by atoms with van der Waals surface area (Å²) in [7, 11) is 0. The maximum absolute atomic E-state index is 14.2. The predicted octanol–water partition coefficient (Wildman–Crippen LogP) is 2.89. The number of nitrogens with zero attached hydrogens (tertiary/aromatic N) is 1. The van der Waals surface area contributed by atoms with Crippen LogP contribution in [0, 0.1) is 12.7 Å². The number of amides is 1. The van der Waals surface area contributed by atoms with Crippen molar-refractivity contribution in [2.24, 2.45) is 0 Å². The van der Waals surface area contributed by atoms with Gasteiger partial charge in [0.15, 0.2) is 6.61 Å². The molecule has 0 radical (unpaired) electrons. The molecule has 9 heteroatoms. The molecule has 3 rings (SSSR count). The van der Waals surface area contributed by atoms with Crippen molar-refractivity contribution in [3.63, 3.8) is 0 Å². The van der Waals surface area contributed by atoms with Crippen LogP contribution < -0.4 is 5.32 Å². The molecule has 2 aromatic rings. The number of nitrogens with one attached hydrogen (secondary N) is 1. The van der Waals surface area contributed by atoms with Gasteiger partial charge in [0.05, 0.1) is 16.7 Å². The third-order valence-electron chi connectivity index (χ3n) is 4.15. The van der Waals surface area contributed by atoms with E-state index < -0.39 is 24.3 Å². The zero-order chi connectivity index (χ0) is 19.4. The lowest BCUT2D eigenvalue weighted by Crippen LogP contribution is -2.34. The molecule has 0 spiro atoms. The topological polar surface area (TPSA) is 90.7 Å². The highest BCUT2D eigenvalue weighted by Gasteiger charge is 2.27. The Hall–Kier alpha value is -2.45. The molecule has 7 nitrogen and oxygen atoms in total. The van der Waals surface area contributed by atoms with E-state index in [2.05, 4.69) is 10.5 Å². The van der Waals surface area contributed by atoms with E-state index in [0.29, 0.717) is 13.2 Å². The van der Waals surface area contributed by atoms with Crippen LogP contribution in [-0.4, -0.2) is 42.9 Å². The molecule has 1 fully saturated rings. The van der Waals surface area contributed by atoms with Crippen LogP contribution >= 0.6 is 11.6 Å². The number of esters is 1. The molecule has 1 atom stereocenters. The number of carbonyl (C=O) groups is 2. The number of hydrogen-bond donors (Lipinski definition) is 1. The van der Waals surface area contributed by atoms with E-state index >= 15 is 0 Å². The van der Waals surface area contributed by atoms with Crippen LogP contribution in [0.1, 0.15) is 29.0 Å². The Morgan fingerprint density at radius 2 is 2.26 bits per heavy atom. The van der Waals surface area contributed by atoms with Gasteiger partial charge in [0.1, 0.15) is 22.8 Å². The molecule has 1 amide bonds. The van der Waals surface area contributed by atoms with Crippen LogP contribution in [0.3, 0.4) is 0 Å². The van der Waals surface area contributed by atoms with Crippen molar-refractivity contribution < 1.29 is 28.0 Å². The van der Waals surface area contributed by atoms with E-state index in [-0.39, 0.29) is 33.7 Å². The normalized spacial score (nSPS) is 16.3. The van der Waals surface area contributed by atoms with Gasteiger partial charge in [0, 0.05) is 13.2 Å². The Morgan fingerprint density at radius 1 is 1.44 bits per heavy atom. The third kappa shape index (κ3) is 4.45. The number of benzene rings is 1. The van der Waals surface area contributed by atoms with Crippen LogP contribution in [0.4, 0.5) is 4.39 Å². The minimum Gasteiger partial charge on any atom is -0.452 e. The van der Waals surface area contributed by atoms with Crippen LogP contribution in [0.5, 0.6) is 0 Å². The van der Waals surface area contributed by atoms with E-state index in [1.165, 1.54) is 25.1 Å². The Kier molecular flexibility index (Phi) is 6.08. The molecule has 1 aliphatic heterocycles. The second-order valence-electron chi connectivity index (χ2n) is 6.07. The van der Waals surface area contributed by atoms with E-state index in [4.69, 9.17) is 25.6 Å². The highest BCUT2D eigenvalue weighted by atomic mass is 35.5. The summed E-state index contributed by atoms with van der Waals surface area (Å²) in [6.07, 6.45) is 1.83. The molecule has 2 heterocycles. The van der Waals surface area contributed by atoms with Gasteiger partial charge in [0.25, 0.3) is 5.91 Å². The maximum Gasteiger partial charge on any atom is 0.344 e. The highest BCUT2D eigenvalue weighted by molar-refractivity contribution is 6.33. The van der Waals surface area contributed by atoms with Crippen LogP contribution in [0.25, 0.3) is 11.3 Å². The van der Waals surface area contributed by atoms with E-state index in [1.807, 2.05) is 0 Å². The van der Waals surface area contributed by atoms with E-state index in [9.17, 15) is 14.0 Å². The van der Waals surface area contributed by atoms with Gasteiger partial charge in [-0.05, 0) is 31.9 Å². The highest BCUT2D eigenvalue weighted by Crippen LogP contribution is 2.33. The summed E-state index contributed by atoms with van der Waals surface area (Å²) in [5, 5.41) is 6.45. The minimum atomic E-state index is -0.852. The molecule has 1 aliphatic rings. The lowest BCUT2D eigenvalue weighted by Gasteiger charge is -2.11. The molecule has 0 aliphatic carbocycles. The largest absolute Gasteiger partial charge is 0.452 e. The maximum atomic E-state index is 14.2. The summed E-state index contributed by atoms with van der Waals surface area (Å²) in [6.45, 7) is 2.04. The third-order valence-corrected chi connectivity index (χ3v) is 4.47. The zero-order valence-corrected chi connectivity index (χ0v) is 15.3. The molecular formula is C18H18ClFN2O5. The first-order valence-electron chi connectivity index (χ1n) is 8.43. The van der Waals surface area contributed by atoms with Crippen molar-refractivity contribution in [1.82, 2.24) is 10.5 Å². The van der Waals surface area contributed by atoms with Crippen molar-refractivity contribution in [3.05, 3.63) is 40.4 Å². The Balaban J connectivity index is 1.67. The number of hydrogen-bond acceptors (Lipinski definition) is 6. The van der Waals surface area contributed by atoms with Gasteiger partial charge in [-0.3, -0.25) is 4.79 Å². The van der Waals surface area contributed by atoms with Gasteiger partial charge in [-0.15, -0.1) is 0 Å². The summed E-state index contributed by atoms with van der Waals surface area (Å²) in [5.74, 6) is -1.83.